The molecule has 1 aromatic carbocycles. The van der Waals surface area contributed by atoms with E-state index in [1.54, 1.807) is 0 Å². The molecule has 1 saturated heterocycles. The van der Waals surface area contributed by atoms with Crippen LogP contribution in [0.1, 0.15) is 77.3 Å². The van der Waals surface area contributed by atoms with Gasteiger partial charge in [0, 0.05) is 6.42 Å². The van der Waals surface area contributed by atoms with E-state index in [0.29, 0.717) is 12.3 Å². The quantitative estimate of drug-likeness (QED) is 0.822. The Morgan fingerprint density at radius 3 is 2.33 bits per heavy atom. The normalized spacial score (nSPS) is 31.3. The Kier molecular flexibility index (Phi) is 4.47. The second-order valence-electron chi connectivity index (χ2n) is 9.83. The molecule has 0 radical (unpaired) electrons. The number of carboxylic acid groups (broad SMARTS) is 1. The van der Waals surface area contributed by atoms with Gasteiger partial charge in [-0.3, -0.25) is 4.79 Å². The van der Waals surface area contributed by atoms with Crippen LogP contribution < -0.4 is 5.46 Å². The summed E-state index contributed by atoms with van der Waals surface area (Å²) < 4.78 is 12.4. The highest BCUT2D eigenvalue weighted by molar-refractivity contribution is 6.62. The topological polar surface area (TPSA) is 55.8 Å². The van der Waals surface area contributed by atoms with Gasteiger partial charge in [-0.1, -0.05) is 18.2 Å². The summed E-state index contributed by atoms with van der Waals surface area (Å²) in [5, 5.41) is 9.06. The van der Waals surface area contributed by atoms with E-state index >= 15 is 0 Å². The number of aryl methyl sites for hydroxylation is 1. The molecule has 4 nitrogen and oxygen atoms in total. The van der Waals surface area contributed by atoms with Crippen LogP contribution in [0.2, 0.25) is 0 Å². The maximum absolute atomic E-state index is 11.0. The van der Waals surface area contributed by atoms with Crippen LogP contribution in [0.15, 0.2) is 18.2 Å². The van der Waals surface area contributed by atoms with E-state index in [1.807, 2.05) is 0 Å². The lowest BCUT2D eigenvalue weighted by atomic mass is 9.66. The van der Waals surface area contributed by atoms with Crippen molar-refractivity contribution in [3.05, 3.63) is 29.3 Å². The SMILES string of the molecule is CC1(C)OB(c2ccc3c(c2)CCC32CCC(CC(=O)O)CC2)OC1(C)C. The number of hydrogen-bond donors (Lipinski definition) is 1. The minimum absolute atomic E-state index is 0.263. The van der Waals surface area contributed by atoms with Gasteiger partial charge in [-0.05, 0) is 94.1 Å². The van der Waals surface area contributed by atoms with E-state index in [-0.39, 0.29) is 23.7 Å². The first kappa shape index (κ1) is 19.0. The molecule has 146 valence electrons. The predicted octanol–water partition coefficient (Wildman–Crippen LogP) is 3.83. The van der Waals surface area contributed by atoms with Crippen LogP contribution in [0.5, 0.6) is 0 Å². The number of hydrogen-bond acceptors (Lipinski definition) is 3. The number of rotatable bonds is 3. The highest BCUT2D eigenvalue weighted by Crippen LogP contribution is 2.50. The van der Waals surface area contributed by atoms with Gasteiger partial charge in [-0.15, -0.1) is 0 Å². The molecule has 0 aromatic heterocycles. The number of benzene rings is 1. The molecular weight excluding hydrogens is 339 g/mol. The first-order chi connectivity index (χ1) is 12.6. The van der Waals surface area contributed by atoms with Crippen LogP contribution >= 0.6 is 0 Å². The number of fused-ring (bicyclic) bond motifs is 2. The van der Waals surface area contributed by atoms with Gasteiger partial charge in [-0.2, -0.15) is 0 Å². The van der Waals surface area contributed by atoms with Gasteiger partial charge < -0.3 is 14.4 Å². The fraction of sp³-hybridized carbons (Fsp3) is 0.682. The van der Waals surface area contributed by atoms with Crippen LogP contribution in [0.25, 0.3) is 0 Å². The average molecular weight is 370 g/mol. The molecule has 1 aliphatic heterocycles. The minimum atomic E-state index is -0.658. The summed E-state index contributed by atoms with van der Waals surface area (Å²) in [5.74, 6) is -0.309. The van der Waals surface area contributed by atoms with Gasteiger partial charge in [0.05, 0.1) is 11.2 Å². The van der Waals surface area contributed by atoms with Crippen molar-refractivity contribution in [2.75, 3.05) is 0 Å². The van der Waals surface area contributed by atoms with Crippen molar-refractivity contribution in [3.8, 4) is 0 Å². The molecule has 27 heavy (non-hydrogen) atoms. The monoisotopic (exact) mass is 370 g/mol. The Bertz CT molecular complexity index is 731. The summed E-state index contributed by atoms with van der Waals surface area (Å²) in [5.41, 5.74) is 3.65. The average Bonchev–Trinajstić information content (AvgIpc) is 3.04. The van der Waals surface area contributed by atoms with Crippen LogP contribution in [-0.4, -0.2) is 29.4 Å². The summed E-state index contributed by atoms with van der Waals surface area (Å²) in [6.45, 7) is 8.35. The van der Waals surface area contributed by atoms with Crippen molar-refractivity contribution >= 4 is 18.6 Å². The Morgan fingerprint density at radius 2 is 1.74 bits per heavy atom. The first-order valence-electron chi connectivity index (χ1n) is 10.3. The number of carbonyl (C=O) groups is 1. The first-order valence-corrected chi connectivity index (χ1v) is 10.3. The summed E-state index contributed by atoms with van der Waals surface area (Å²) in [6, 6.07) is 6.76. The zero-order valence-electron chi connectivity index (χ0n) is 17.0. The molecule has 2 fully saturated rings. The van der Waals surface area contributed by atoms with Gasteiger partial charge in [0.15, 0.2) is 0 Å². The van der Waals surface area contributed by atoms with Gasteiger partial charge in [0.2, 0.25) is 0 Å². The number of carboxylic acids is 1. The largest absolute Gasteiger partial charge is 0.494 e. The lowest BCUT2D eigenvalue weighted by Crippen LogP contribution is -2.41. The summed E-state index contributed by atoms with van der Waals surface area (Å²) in [7, 11) is -0.303. The molecule has 1 spiro atoms. The fourth-order valence-corrected chi connectivity index (χ4v) is 5.17. The smallest absolute Gasteiger partial charge is 0.481 e. The minimum Gasteiger partial charge on any atom is -0.481 e. The van der Waals surface area contributed by atoms with Crippen molar-refractivity contribution in [1.29, 1.82) is 0 Å². The molecular formula is C22H31BO4. The molecule has 2 aliphatic carbocycles. The maximum Gasteiger partial charge on any atom is 0.494 e. The Morgan fingerprint density at radius 1 is 1.11 bits per heavy atom. The third kappa shape index (κ3) is 3.23. The van der Waals surface area contributed by atoms with E-state index in [0.717, 1.165) is 37.6 Å². The second-order valence-corrected chi connectivity index (χ2v) is 9.83. The molecule has 1 heterocycles. The predicted molar refractivity (Wildman–Crippen MR) is 106 cm³/mol. The lowest BCUT2D eigenvalue weighted by Gasteiger charge is -2.38. The fourth-order valence-electron chi connectivity index (χ4n) is 5.17. The molecule has 1 N–H and O–H groups in total. The molecule has 3 aliphatic rings. The second kappa shape index (κ2) is 6.35. The van der Waals surface area contributed by atoms with E-state index in [1.165, 1.54) is 17.5 Å². The summed E-state index contributed by atoms with van der Waals surface area (Å²) in [4.78, 5) is 11.0. The number of aliphatic carboxylic acids is 1. The van der Waals surface area contributed by atoms with Crippen LogP contribution in [-0.2, 0) is 25.9 Å². The van der Waals surface area contributed by atoms with E-state index in [4.69, 9.17) is 14.4 Å². The van der Waals surface area contributed by atoms with Crippen molar-refractivity contribution in [2.24, 2.45) is 5.92 Å². The van der Waals surface area contributed by atoms with Crippen LogP contribution in [0, 0.1) is 5.92 Å². The Balaban J connectivity index is 1.52. The molecule has 0 atom stereocenters. The summed E-state index contributed by atoms with van der Waals surface area (Å²) in [6.07, 6.45) is 6.92. The summed E-state index contributed by atoms with van der Waals surface area (Å²) >= 11 is 0. The van der Waals surface area contributed by atoms with Crippen molar-refractivity contribution in [2.45, 2.75) is 89.3 Å². The standard InChI is InChI=1S/C22H31BO4/c1-20(2)21(3,4)27-23(26-20)17-5-6-18-16(14-17)9-12-22(18)10-7-15(8-11-22)13-19(24)25/h5-6,14-15H,7-13H2,1-4H3,(H,24,25). The lowest BCUT2D eigenvalue weighted by molar-refractivity contribution is -0.138. The zero-order valence-corrected chi connectivity index (χ0v) is 17.0. The third-order valence-electron chi connectivity index (χ3n) is 7.62. The van der Waals surface area contributed by atoms with Gasteiger partial charge >= 0.3 is 13.1 Å². The van der Waals surface area contributed by atoms with Gasteiger partial charge in [0.1, 0.15) is 0 Å². The molecule has 5 heteroatoms. The van der Waals surface area contributed by atoms with Crippen LogP contribution in [0.3, 0.4) is 0 Å². The van der Waals surface area contributed by atoms with Crippen molar-refractivity contribution < 1.29 is 19.2 Å². The van der Waals surface area contributed by atoms with E-state index in [2.05, 4.69) is 45.9 Å². The highest BCUT2D eigenvalue weighted by Gasteiger charge is 2.52. The van der Waals surface area contributed by atoms with Gasteiger partial charge in [-0.25, -0.2) is 0 Å². The Labute approximate surface area is 162 Å². The molecule has 0 amide bonds. The van der Waals surface area contributed by atoms with E-state index < -0.39 is 5.97 Å². The molecule has 1 aromatic rings. The highest BCUT2D eigenvalue weighted by atomic mass is 16.7. The van der Waals surface area contributed by atoms with Crippen molar-refractivity contribution in [1.82, 2.24) is 0 Å². The van der Waals surface area contributed by atoms with E-state index in [9.17, 15) is 4.79 Å². The van der Waals surface area contributed by atoms with Crippen molar-refractivity contribution in [3.63, 3.8) is 0 Å². The molecule has 0 bridgehead atoms. The molecule has 1 saturated carbocycles. The zero-order chi connectivity index (χ0) is 19.4. The molecule has 0 unspecified atom stereocenters. The third-order valence-corrected chi connectivity index (χ3v) is 7.62. The maximum atomic E-state index is 11.0. The van der Waals surface area contributed by atoms with Crippen LogP contribution in [0.4, 0.5) is 0 Å². The van der Waals surface area contributed by atoms with Gasteiger partial charge in [0.25, 0.3) is 0 Å². The molecule has 4 rings (SSSR count). The Hall–Kier alpha value is -1.33.